The summed E-state index contributed by atoms with van der Waals surface area (Å²) in [6, 6.07) is 0. The standard InChI is InChI=1S/C9H17NO8P2/c1-3-7(19(13,14)15)10(6-5-9(11)12)8(4-2)20(16,17)18/h3-4,7-8H,1-2,5-6H2,(H,11,12)(H2,13,14,15)(H2,16,17,18). The quantitative estimate of drug-likeness (QED) is 0.293. The average Bonchev–Trinajstić information content (AvgIpc) is 2.22. The van der Waals surface area contributed by atoms with E-state index in [0.717, 1.165) is 12.2 Å². The molecule has 0 spiro atoms. The maximum Gasteiger partial charge on any atom is 0.346 e. The van der Waals surface area contributed by atoms with E-state index in [0.29, 0.717) is 4.90 Å². The second-order valence-electron chi connectivity index (χ2n) is 3.86. The number of hydrogen-bond donors (Lipinski definition) is 5. The van der Waals surface area contributed by atoms with Crippen LogP contribution in [0.1, 0.15) is 6.42 Å². The van der Waals surface area contributed by atoms with E-state index in [1.165, 1.54) is 0 Å². The van der Waals surface area contributed by atoms with Crippen molar-refractivity contribution in [1.82, 2.24) is 4.90 Å². The molecule has 0 aromatic carbocycles. The minimum atomic E-state index is -4.80. The van der Waals surface area contributed by atoms with Gasteiger partial charge in [0.05, 0.1) is 6.42 Å². The van der Waals surface area contributed by atoms with Crippen LogP contribution in [0.4, 0.5) is 0 Å². The lowest BCUT2D eigenvalue weighted by Gasteiger charge is -2.34. The third-order valence-electron chi connectivity index (χ3n) is 2.37. The molecule has 0 saturated heterocycles. The van der Waals surface area contributed by atoms with Gasteiger partial charge in [0.2, 0.25) is 0 Å². The number of hydrogen-bond acceptors (Lipinski definition) is 4. The van der Waals surface area contributed by atoms with Gasteiger partial charge in [0.25, 0.3) is 0 Å². The molecule has 0 radical (unpaired) electrons. The Morgan fingerprint density at radius 2 is 1.40 bits per heavy atom. The Balaban J connectivity index is 5.62. The maximum atomic E-state index is 11.3. The van der Waals surface area contributed by atoms with Crippen LogP contribution in [0.5, 0.6) is 0 Å². The first-order valence-electron chi connectivity index (χ1n) is 5.28. The summed E-state index contributed by atoms with van der Waals surface area (Å²) in [4.78, 5) is 48.0. The van der Waals surface area contributed by atoms with Crippen molar-refractivity contribution < 1.29 is 38.6 Å². The van der Waals surface area contributed by atoms with Gasteiger partial charge in [-0.25, -0.2) is 0 Å². The fraction of sp³-hybridized carbons (Fsp3) is 0.444. The van der Waals surface area contributed by atoms with Gasteiger partial charge < -0.3 is 24.7 Å². The van der Waals surface area contributed by atoms with Crippen molar-refractivity contribution in [1.29, 1.82) is 0 Å². The number of rotatable bonds is 9. The number of nitrogens with zero attached hydrogens (tertiary/aromatic N) is 1. The molecule has 0 amide bonds. The molecule has 9 nitrogen and oxygen atoms in total. The molecular formula is C9H17NO8P2. The monoisotopic (exact) mass is 329 g/mol. The topological polar surface area (TPSA) is 156 Å². The second-order valence-corrected chi connectivity index (χ2v) is 7.27. The molecule has 0 bridgehead atoms. The van der Waals surface area contributed by atoms with Crippen molar-refractivity contribution in [2.45, 2.75) is 18.0 Å². The second kappa shape index (κ2) is 7.28. The number of aliphatic carboxylic acids is 1. The van der Waals surface area contributed by atoms with Crippen molar-refractivity contribution in [3.05, 3.63) is 25.3 Å². The summed E-state index contributed by atoms with van der Waals surface area (Å²) in [5.41, 5.74) is 0. The van der Waals surface area contributed by atoms with Gasteiger partial charge in [-0.15, -0.1) is 13.2 Å². The molecule has 2 unspecified atom stereocenters. The Hall–Kier alpha value is -0.790. The van der Waals surface area contributed by atoms with Crippen LogP contribution < -0.4 is 0 Å². The van der Waals surface area contributed by atoms with Crippen LogP contribution in [-0.4, -0.2) is 53.7 Å². The molecule has 20 heavy (non-hydrogen) atoms. The zero-order chi connectivity index (χ0) is 16.1. The van der Waals surface area contributed by atoms with Gasteiger partial charge in [-0.05, 0) is 0 Å². The molecule has 0 heterocycles. The minimum absolute atomic E-state index is 0.487. The molecule has 0 aliphatic heterocycles. The molecule has 116 valence electrons. The highest BCUT2D eigenvalue weighted by molar-refractivity contribution is 7.53. The van der Waals surface area contributed by atoms with Crippen LogP contribution >= 0.6 is 15.2 Å². The summed E-state index contributed by atoms with van der Waals surface area (Å²) in [5, 5.41) is 8.61. The van der Waals surface area contributed by atoms with Crippen molar-refractivity contribution in [3.8, 4) is 0 Å². The molecule has 0 fully saturated rings. The van der Waals surface area contributed by atoms with E-state index in [2.05, 4.69) is 13.2 Å². The van der Waals surface area contributed by atoms with E-state index >= 15 is 0 Å². The summed E-state index contributed by atoms with van der Waals surface area (Å²) in [6.45, 7) is 5.92. The van der Waals surface area contributed by atoms with Crippen LogP contribution in [0.2, 0.25) is 0 Å². The zero-order valence-electron chi connectivity index (χ0n) is 10.4. The molecule has 0 aliphatic rings. The van der Waals surface area contributed by atoms with E-state index in [-0.39, 0.29) is 0 Å². The zero-order valence-corrected chi connectivity index (χ0v) is 12.2. The van der Waals surface area contributed by atoms with Gasteiger partial charge in [-0.1, -0.05) is 12.2 Å². The molecule has 0 saturated carbocycles. The number of carboxylic acids is 1. The van der Waals surface area contributed by atoms with Crippen LogP contribution in [0, 0.1) is 0 Å². The predicted molar refractivity (Wildman–Crippen MR) is 71.0 cm³/mol. The lowest BCUT2D eigenvalue weighted by molar-refractivity contribution is -0.137. The third kappa shape index (κ3) is 5.68. The predicted octanol–water partition coefficient (Wildman–Crippen LogP) is 0.143. The fourth-order valence-corrected chi connectivity index (χ4v) is 3.52. The minimum Gasteiger partial charge on any atom is -0.481 e. The van der Waals surface area contributed by atoms with Gasteiger partial charge in [-0.3, -0.25) is 18.8 Å². The number of carboxylic acid groups (broad SMARTS) is 1. The third-order valence-corrected chi connectivity index (χ3v) is 4.77. The SMILES string of the molecule is C=CC(N(CCC(=O)O)C(C=C)P(=O)(O)O)P(=O)(O)O. The molecule has 0 aliphatic carbocycles. The van der Waals surface area contributed by atoms with Crippen LogP contribution in [0.25, 0.3) is 0 Å². The summed E-state index contributed by atoms with van der Waals surface area (Å²) < 4.78 is 22.7. The Morgan fingerprint density at radius 1 is 1.05 bits per heavy atom. The first-order valence-corrected chi connectivity index (χ1v) is 8.64. The Morgan fingerprint density at radius 3 is 1.60 bits per heavy atom. The highest BCUT2D eigenvalue weighted by atomic mass is 31.2. The maximum absolute atomic E-state index is 11.3. The van der Waals surface area contributed by atoms with E-state index < -0.39 is 45.7 Å². The normalized spacial score (nSPS) is 15.7. The van der Waals surface area contributed by atoms with Crippen molar-refractivity contribution in [3.63, 3.8) is 0 Å². The molecule has 5 N–H and O–H groups in total. The van der Waals surface area contributed by atoms with E-state index in [1.54, 1.807) is 0 Å². The lowest BCUT2D eigenvalue weighted by Crippen LogP contribution is -2.42. The van der Waals surface area contributed by atoms with Gasteiger partial charge in [-0.2, -0.15) is 0 Å². The van der Waals surface area contributed by atoms with Crippen LogP contribution in [0.3, 0.4) is 0 Å². The molecular weight excluding hydrogens is 312 g/mol. The highest BCUT2D eigenvalue weighted by Gasteiger charge is 2.41. The van der Waals surface area contributed by atoms with E-state index in [9.17, 15) is 33.5 Å². The van der Waals surface area contributed by atoms with Crippen molar-refractivity contribution in [2.75, 3.05) is 6.54 Å². The largest absolute Gasteiger partial charge is 0.481 e. The van der Waals surface area contributed by atoms with Gasteiger partial charge in [0.1, 0.15) is 11.6 Å². The lowest BCUT2D eigenvalue weighted by atomic mass is 10.3. The van der Waals surface area contributed by atoms with Crippen LogP contribution in [-0.2, 0) is 13.9 Å². The summed E-state index contributed by atoms with van der Waals surface area (Å²) >= 11 is 0. The highest BCUT2D eigenvalue weighted by Crippen LogP contribution is 2.50. The van der Waals surface area contributed by atoms with E-state index in [4.69, 9.17) is 5.11 Å². The Labute approximate surface area is 115 Å². The van der Waals surface area contributed by atoms with E-state index in [1.807, 2.05) is 0 Å². The molecule has 0 aromatic rings. The van der Waals surface area contributed by atoms with Gasteiger partial charge >= 0.3 is 21.2 Å². The van der Waals surface area contributed by atoms with Gasteiger partial charge in [0.15, 0.2) is 0 Å². The first kappa shape index (κ1) is 19.2. The van der Waals surface area contributed by atoms with Gasteiger partial charge in [0, 0.05) is 6.54 Å². The first-order chi connectivity index (χ1) is 8.95. The van der Waals surface area contributed by atoms with Crippen LogP contribution in [0.15, 0.2) is 25.3 Å². The molecule has 11 heteroatoms. The summed E-state index contributed by atoms with van der Waals surface area (Å²) in [5.74, 6) is -4.73. The fourth-order valence-electron chi connectivity index (χ4n) is 1.58. The Bertz CT molecular complexity index is 433. The average molecular weight is 329 g/mol. The molecule has 0 rings (SSSR count). The summed E-state index contributed by atoms with van der Waals surface area (Å²) in [6.07, 6.45) is 1.07. The summed E-state index contributed by atoms with van der Waals surface area (Å²) in [7, 11) is -9.61. The number of carbonyl (C=O) groups is 1. The van der Waals surface area contributed by atoms with Crippen molar-refractivity contribution >= 4 is 21.2 Å². The smallest absolute Gasteiger partial charge is 0.346 e. The molecule has 2 atom stereocenters. The molecule has 0 aromatic heterocycles. The Kier molecular flexibility index (Phi) is 7.00. The van der Waals surface area contributed by atoms with Crippen molar-refractivity contribution in [2.24, 2.45) is 0 Å².